The summed E-state index contributed by atoms with van der Waals surface area (Å²) in [5, 5.41) is 9.95. The molecular weight excluding hydrogens is 372 g/mol. The number of aryl methyl sites for hydroxylation is 1. The molecule has 4 aromatic rings. The van der Waals surface area contributed by atoms with Crippen LogP contribution in [0, 0.1) is 0 Å². The van der Waals surface area contributed by atoms with Gasteiger partial charge in [-0.1, -0.05) is 24.3 Å². The van der Waals surface area contributed by atoms with E-state index >= 15 is 0 Å². The highest BCUT2D eigenvalue weighted by Crippen LogP contribution is 2.27. The number of nitrogens with one attached hydrogen (secondary N) is 2. The van der Waals surface area contributed by atoms with Gasteiger partial charge in [0.25, 0.3) is 5.56 Å². The lowest BCUT2D eigenvalue weighted by Gasteiger charge is -2.06. The number of carbonyl (C=O) groups is 1. The van der Waals surface area contributed by atoms with Gasteiger partial charge in [0, 0.05) is 13.0 Å². The van der Waals surface area contributed by atoms with Gasteiger partial charge in [0.1, 0.15) is 5.75 Å². The van der Waals surface area contributed by atoms with E-state index in [1.54, 1.807) is 25.3 Å². The maximum absolute atomic E-state index is 12.5. The van der Waals surface area contributed by atoms with E-state index in [0.29, 0.717) is 22.5 Å². The Morgan fingerprint density at radius 3 is 2.83 bits per heavy atom. The molecular formula is C20H18N6O3. The van der Waals surface area contributed by atoms with Crippen LogP contribution in [0.15, 0.2) is 59.7 Å². The first-order valence-corrected chi connectivity index (χ1v) is 8.95. The standard InChI is InChI=1S/C20H18N6O3/c1-29-16-9-5-3-7-14(16)18-23-20(25-24-18)22-17(27)10-11-26-12-21-15-8-4-2-6-13(15)19(26)28/h2-9,12H,10-11H2,1H3,(H2,22,23,24,25,27). The Morgan fingerprint density at radius 1 is 1.17 bits per heavy atom. The minimum absolute atomic E-state index is 0.0818. The maximum Gasteiger partial charge on any atom is 0.261 e. The molecule has 1 amide bonds. The number of hydrogen-bond acceptors (Lipinski definition) is 6. The Kier molecular flexibility index (Phi) is 5.02. The van der Waals surface area contributed by atoms with Crippen molar-refractivity contribution in [3.8, 4) is 17.1 Å². The van der Waals surface area contributed by atoms with Crippen molar-refractivity contribution >= 4 is 22.8 Å². The number of methoxy groups -OCH3 is 1. The van der Waals surface area contributed by atoms with Crippen LogP contribution < -0.4 is 15.6 Å². The number of amides is 1. The zero-order valence-electron chi connectivity index (χ0n) is 15.6. The van der Waals surface area contributed by atoms with E-state index in [9.17, 15) is 9.59 Å². The summed E-state index contributed by atoms with van der Waals surface area (Å²) in [5.41, 5.74) is 1.18. The summed E-state index contributed by atoms with van der Waals surface area (Å²) in [4.78, 5) is 33.3. The Hall–Kier alpha value is -4.01. The van der Waals surface area contributed by atoms with Crippen LogP contribution in [0.1, 0.15) is 6.42 Å². The Labute approximate surface area is 165 Å². The first-order valence-electron chi connectivity index (χ1n) is 8.95. The number of anilines is 1. The fourth-order valence-electron chi connectivity index (χ4n) is 2.95. The molecule has 0 atom stereocenters. The summed E-state index contributed by atoms with van der Waals surface area (Å²) in [7, 11) is 1.57. The average molecular weight is 390 g/mol. The molecule has 4 rings (SSSR count). The highest BCUT2D eigenvalue weighted by atomic mass is 16.5. The molecule has 0 saturated heterocycles. The third kappa shape index (κ3) is 3.84. The third-order valence-corrected chi connectivity index (χ3v) is 4.41. The van der Waals surface area contributed by atoms with E-state index < -0.39 is 0 Å². The Morgan fingerprint density at radius 2 is 1.97 bits per heavy atom. The van der Waals surface area contributed by atoms with Gasteiger partial charge in [0.05, 0.1) is 29.9 Å². The van der Waals surface area contributed by atoms with Gasteiger partial charge < -0.3 is 4.74 Å². The van der Waals surface area contributed by atoms with Crippen LogP contribution in [0.3, 0.4) is 0 Å². The van der Waals surface area contributed by atoms with Crippen molar-refractivity contribution in [1.29, 1.82) is 0 Å². The highest BCUT2D eigenvalue weighted by Gasteiger charge is 2.13. The zero-order chi connectivity index (χ0) is 20.2. The van der Waals surface area contributed by atoms with Gasteiger partial charge in [-0.15, -0.1) is 5.10 Å². The Bertz CT molecular complexity index is 1230. The second-order valence-electron chi connectivity index (χ2n) is 6.27. The van der Waals surface area contributed by atoms with Crippen molar-refractivity contribution in [3.05, 3.63) is 65.2 Å². The predicted molar refractivity (Wildman–Crippen MR) is 108 cm³/mol. The molecule has 0 aliphatic rings. The third-order valence-electron chi connectivity index (χ3n) is 4.41. The molecule has 2 aromatic heterocycles. The monoisotopic (exact) mass is 390 g/mol. The minimum atomic E-state index is -0.310. The molecule has 0 aliphatic carbocycles. The molecule has 0 radical (unpaired) electrons. The lowest BCUT2D eigenvalue weighted by atomic mass is 10.2. The number of para-hydroxylation sites is 2. The largest absolute Gasteiger partial charge is 0.496 e. The number of aromatic amines is 1. The van der Waals surface area contributed by atoms with E-state index in [2.05, 4.69) is 25.5 Å². The number of carbonyl (C=O) groups excluding carboxylic acids is 1. The summed E-state index contributed by atoms with van der Waals surface area (Å²) in [5.74, 6) is 0.966. The summed E-state index contributed by atoms with van der Waals surface area (Å²) < 4.78 is 6.72. The van der Waals surface area contributed by atoms with Crippen molar-refractivity contribution in [1.82, 2.24) is 24.7 Å². The number of benzene rings is 2. The molecule has 0 saturated carbocycles. The smallest absolute Gasteiger partial charge is 0.261 e. The molecule has 0 spiro atoms. The fourth-order valence-corrected chi connectivity index (χ4v) is 2.95. The number of ether oxygens (including phenoxy) is 1. The van der Waals surface area contributed by atoms with Crippen molar-refractivity contribution in [2.75, 3.05) is 12.4 Å². The van der Waals surface area contributed by atoms with Crippen molar-refractivity contribution in [2.45, 2.75) is 13.0 Å². The van der Waals surface area contributed by atoms with Crippen LogP contribution in [0.5, 0.6) is 5.75 Å². The van der Waals surface area contributed by atoms with Gasteiger partial charge in [0.15, 0.2) is 5.82 Å². The fraction of sp³-hybridized carbons (Fsp3) is 0.150. The lowest BCUT2D eigenvalue weighted by Crippen LogP contribution is -2.23. The molecule has 9 heteroatoms. The van der Waals surface area contributed by atoms with Crippen LogP contribution >= 0.6 is 0 Å². The first kappa shape index (κ1) is 18.4. The SMILES string of the molecule is COc1ccccc1-c1nc(NC(=O)CCn2cnc3ccccc3c2=O)n[nH]1. The number of hydrogen-bond donors (Lipinski definition) is 2. The minimum Gasteiger partial charge on any atom is -0.496 e. The van der Waals surface area contributed by atoms with Crippen LogP contribution in [0.4, 0.5) is 5.95 Å². The normalized spacial score (nSPS) is 10.8. The quantitative estimate of drug-likeness (QED) is 0.522. The number of aromatic nitrogens is 5. The second kappa shape index (κ2) is 7.93. The van der Waals surface area contributed by atoms with Gasteiger partial charge in [0.2, 0.25) is 11.9 Å². The molecule has 0 unspecified atom stereocenters. The molecule has 0 aliphatic heterocycles. The zero-order valence-corrected chi connectivity index (χ0v) is 15.6. The number of rotatable bonds is 6. The maximum atomic E-state index is 12.5. The van der Waals surface area contributed by atoms with Crippen LogP contribution in [-0.4, -0.2) is 37.7 Å². The van der Waals surface area contributed by atoms with Gasteiger partial charge in [-0.05, 0) is 24.3 Å². The summed E-state index contributed by atoms with van der Waals surface area (Å²) >= 11 is 0. The molecule has 9 nitrogen and oxygen atoms in total. The first-order chi connectivity index (χ1) is 14.2. The van der Waals surface area contributed by atoms with Gasteiger partial charge in [-0.25, -0.2) is 4.98 Å². The van der Waals surface area contributed by atoms with Gasteiger partial charge >= 0.3 is 0 Å². The molecule has 2 heterocycles. The molecule has 0 bridgehead atoms. The van der Waals surface area contributed by atoms with Gasteiger partial charge in [-0.3, -0.25) is 24.6 Å². The van der Waals surface area contributed by atoms with E-state index in [1.807, 2.05) is 30.3 Å². The topological polar surface area (TPSA) is 115 Å². The highest BCUT2D eigenvalue weighted by molar-refractivity contribution is 5.89. The summed E-state index contributed by atoms with van der Waals surface area (Å²) in [6.07, 6.45) is 1.53. The van der Waals surface area contributed by atoms with Crippen LogP contribution in [0.2, 0.25) is 0 Å². The van der Waals surface area contributed by atoms with Crippen molar-refractivity contribution in [2.24, 2.45) is 0 Å². The summed E-state index contributed by atoms with van der Waals surface area (Å²) in [6.45, 7) is 0.201. The van der Waals surface area contributed by atoms with E-state index in [0.717, 1.165) is 5.56 Å². The van der Waals surface area contributed by atoms with E-state index in [4.69, 9.17) is 4.74 Å². The lowest BCUT2D eigenvalue weighted by molar-refractivity contribution is -0.116. The molecule has 29 heavy (non-hydrogen) atoms. The molecule has 0 fully saturated rings. The predicted octanol–water partition coefficient (Wildman–Crippen LogP) is 2.22. The second-order valence-corrected chi connectivity index (χ2v) is 6.27. The average Bonchev–Trinajstić information content (AvgIpc) is 3.21. The Balaban J connectivity index is 1.43. The van der Waals surface area contributed by atoms with Crippen molar-refractivity contribution in [3.63, 3.8) is 0 Å². The summed E-state index contributed by atoms with van der Waals surface area (Å²) in [6, 6.07) is 14.5. The number of nitrogens with zero attached hydrogens (tertiary/aromatic N) is 4. The molecule has 146 valence electrons. The van der Waals surface area contributed by atoms with E-state index in [1.165, 1.54) is 10.9 Å². The van der Waals surface area contributed by atoms with Crippen LogP contribution in [0.25, 0.3) is 22.3 Å². The molecule has 2 aromatic carbocycles. The van der Waals surface area contributed by atoms with Crippen LogP contribution in [-0.2, 0) is 11.3 Å². The van der Waals surface area contributed by atoms with E-state index in [-0.39, 0.29) is 30.4 Å². The molecule has 2 N–H and O–H groups in total. The number of H-pyrrole nitrogens is 1. The van der Waals surface area contributed by atoms with Gasteiger partial charge in [-0.2, -0.15) is 4.98 Å². The van der Waals surface area contributed by atoms with Crippen molar-refractivity contribution < 1.29 is 9.53 Å². The number of fused-ring (bicyclic) bond motifs is 1.